The van der Waals surface area contributed by atoms with Crippen molar-refractivity contribution in [2.45, 2.75) is 33.6 Å². The fourth-order valence-corrected chi connectivity index (χ4v) is 2.63. The molecule has 2 rings (SSSR count). The molecule has 102 valence electrons. The summed E-state index contributed by atoms with van der Waals surface area (Å²) >= 11 is 0. The minimum atomic E-state index is -0.0247. The van der Waals surface area contributed by atoms with E-state index in [4.69, 9.17) is 0 Å². The summed E-state index contributed by atoms with van der Waals surface area (Å²) in [6, 6.07) is 17.4. The van der Waals surface area contributed by atoms with Gasteiger partial charge in [0.1, 0.15) is 0 Å². The minimum Gasteiger partial charge on any atom is -0.198 e. The van der Waals surface area contributed by atoms with Crippen LogP contribution in [0.3, 0.4) is 0 Å². The van der Waals surface area contributed by atoms with Crippen molar-refractivity contribution in [2.24, 2.45) is 5.92 Å². The maximum atomic E-state index is 9.26. The summed E-state index contributed by atoms with van der Waals surface area (Å²) in [5.74, 6) is 0.315. The van der Waals surface area contributed by atoms with Gasteiger partial charge in [0, 0.05) is 0 Å². The van der Waals surface area contributed by atoms with Gasteiger partial charge in [0.05, 0.1) is 12.0 Å². The molecule has 1 unspecified atom stereocenters. The molecule has 0 aliphatic carbocycles. The number of benzene rings is 2. The first-order valence-electron chi connectivity index (χ1n) is 7.09. The Morgan fingerprint density at radius 2 is 1.40 bits per heavy atom. The molecule has 1 atom stereocenters. The zero-order chi connectivity index (χ0) is 14.7. The first-order chi connectivity index (χ1) is 9.51. The molecule has 0 aromatic heterocycles. The quantitative estimate of drug-likeness (QED) is 0.743. The van der Waals surface area contributed by atoms with Crippen molar-refractivity contribution in [1.29, 1.82) is 5.26 Å². The van der Waals surface area contributed by atoms with Crippen LogP contribution >= 0.6 is 0 Å². The predicted octanol–water partition coefficient (Wildman–Crippen LogP) is 5.23. The van der Waals surface area contributed by atoms with Gasteiger partial charge in [-0.3, -0.25) is 0 Å². The van der Waals surface area contributed by atoms with Crippen LogP contribution in [0.25, 0.3) is 11.1 Å². The third-order valence-corrected chi connectivity index (χ3v) is 3.63. The summed E-state index contributed by atoms with van der Waals surface area (Å²) in [4.78, 5) is 0. The fraction of sp³-hybridized carbons (Fsp3) is 0.316. The Labute approximate surface area is 121 Å². The number of nitriles is 1. The first kappa shape index (κ1) is 14.3. The molecule has 0 aliphatic rings. The van der Waals surface area contributed by atoms with Gasteiger partial charge in [-0.05, 0) is 36.5 Å². The van der Waals surface area contributed by atoms with Crippen LogP contribution in [-0.4, -0.2) is 0 Å². The highest BCUT2D eigenvalue weighted by Crippen LogP contribution is 2.27. The van der Waals surface area contributed by atoms with Crippen LogP contribution in [0.4, 0.5) is 0 Å². The molecular formula is C19H21N. The van der Waals surface area contributed by atoms with Crippen molar-refractivity contribution >= 4 is 0 Å². The third kappa shape index (κ3) is 3.08. The molecule has 0 aliphatic heterocycles. The monoisotopic (exact) mass is 263 g/mol. The molecule has 2 aromatic carbocycles. The molecule has 0 saturated carbocycles. The average molecular weight is 263 g/mol. The van der Waals surface area contributed by atoms with Crippen LogP contribution < -0.4 is 0 Å². The van der Waals surface area contributed by atoms with Gasteiger partial charge >= 0.3 is 0 Å². The molecule has 0 saturated heterocycles. The summed E-state index contributed by atoms with van der Waals surface area (Å²) in [6.07, 6.45) is 0. The van der Waals surface area contributed by atoms with E-state index in [-0.39, 0.29) is 5.92 Å². The zero-order valence-corrected chi connectivity index (χ0v) is 12.6. The van der Waals surface area contributed by atoms with E-state index >= 15 is 0 Å². The highest BCUT2D eigenvalue weighted by atomic mass is 14.3. The van der Waals surface area contributed by atoms with Gasteiger partial charge in [-0.25, -0.2) is 0 Å². The minimum absolute atomic E-state index is 0.0247. The lowest BCUT2D eigenvalue weighted by atomic mass is 9.88. The lowest BCUT2D eigenvalue weighted by molar-refractivity contribution is 0.587. The number of aryl methyl sites for hydroxylation is 2. The van der Waals surface area contributed by atoms with Gasteiger partial charge in [-0.2, -0.15) is 5.26 Å². The van der Waals surface area contributed by atoms with Crippen molar-refractivity contribution in [2.75, 3.05) is 0 Å². The van der Waals surface area contributed by atoms with Gasteiger partial charge < -0.3 is 0 Å². The van der Waals surface area contributed by atoms with E-state index in [0.29, 0.717) is 5.92 Å². The predicted molar refractivity (Wildman–Crippen MR) is 84.5 cm³/mol. The van der Waals surface area contributed by atoms with Crippen LogP contribution in [0.2, 0.25) is 0 Å². The first-order valence-corrected chi connectivity index (χ1v) is 7.09. The second kappa shape index (κ2) is 5.92. The Balaban J connectivity index is 2.35. The lowest BCUT2D eigenvalue weighted by Gasteiger charge is -2.14. The Kier molecular flexibility index (Phi) is 4.25. The molecule has 1 heteroatoms. The van der Waals surface area contributed by atoms with E-state index in [1.165, 1.54) is 22.3 Å². The molecule has 20 heavy (non-hydrogen) atoms. The number of hydrogen-bond acceptors (Lipinski definition) is 1. The van der Waals surface area contributed by atoms with Crippen molar-refractivity contribution < 1.29 is 0 Å². The topological polar surface area (TPSA) is 23.8 Å². The Morgan fingerprint density at radius 1 is 0.850 bits per heavy atom. The van der Waals surface area contributed by atoms with Crippen molar-refractivity contribution in [3.05, 3.63) is 59.2 Å². The van der Waals surface area contributed by atoms with Gasteiger partial charge in [-0.1, -0.05) is 67.4 Å². The molecule has 2 aromatic rings. The Morgan fingerprint density at radius 3 is 1.85 bits per heavy atom. The van der Waals surface area contributed by atoms with E-state index in [1.807, 2.05) is 0 Å². The largest absolute Gasteiger partial charge is 0.198 e. The summed E-state index contributed by atoms with van der Waals surface area (Å²) < 4.78 is 0. The number of nitrogens with zero attached hydrogens (tertiary/aromatic N) is 1. The zero-order valence-electron chi connectivity index (χ0n) is 12.6. The molecule has 0 spiro atoms. The maximum Gasteiger partial charge on any atom is 0.0735 e. The summed E-state index contributed by atoms with van der Waals surface area (Å²) in [5, 5.41) is 9.26. The SMILES string of the molecule is Cc1cc(C)cc(-c2ccc(C(C#N)C(C)C)cc2)c1. The van der Waals surface area contributed by atoms with Crippen LogP contribution in [0, 0.1) is 31.1 Å². The van der Waals surface area contributed by atoms with Crippen LogP contribution in [0.15, 0.2) is 42.5 Å². The standard InChI is InChI=1S/C19H21N/c1-13(2)19(12-20)17-7-5-16(6-8-17)18-10-14(3)9-15(4)11-18/h5-11,13,19H,1-4H3. The molecular weight excluding hydrogens is 242 g/mol. The summed E-state index contributed by atoms with van der Waals surface area (Å²) in [6.45, 7) is 8.42. The fourth-order valence-electron chi connectivity index (χ4n) is 2.63. The normalized spacial score (nSPS) is 12.2. The van der Waals surface area contributed by atoms with Gasteiger partial charge in [0.25, 0.3) is 0 Å². The highest BCUT2D eigenvalue weighted by Gasteiger charge is 2.14. The molecule has 0 fully saturated rings. The Bertz CT molecular complexity index is 610. The maximum absolute atomic E-state index is 9.26. The average Bonchev–Trinajstić information content (AvgIpc) is 2.38. The third-order valence-electron chi connectivity index (χ3n) is 3.63. The number of rotatable bonds is 3. The number of hydrogen-bond donors (Lipinski definition) is 0. The second-order valence-corrected chi connectivity index (χ2v) is 5.85. The second-order valence-electron chi connectivity index (χ2n) is 5.85. The molecule has 0 N–H and O–H groups in total. The smallest absolute Gasteiger partial charge is 0.0735 e. The van der Waals surface area contributed by atoms with E-state index in [1.54, 1.807) is 0 Å². The highest BCUT2D eigenvalue weighted by molar-refractivity contribution is 5.65. The lowest BCUT2D eigenvalue weighted by Crippen LogP contribution is -2.03. The summed E-state index contributed by atoms with van der Waals surface area (Å²) in [7, 11) is 0. The molecule has 1 nitrogen and oxygen atoms in total. The van der Waals surface area contributed by atoms with Gasteiger partial charge in [-0.15, -0.1) is 0 Å². The van der Waals surface area contributed by atoms with Crippen molar-refractivity contribution in [3.8, 4) is 17.2 Å². The van der Waals surface area contributed by atoms with E-state index in [9.17, 15) is 5.26 Å². The van der Waals surface area contributed by atoms with Crippen molar-refractivity contribution in [1.82, 2.24) is 0 Å². The van der Waals surface area contributed by atoms with Crippen molar-refractivity contribution in [3.63, 3.8) is 0 Å². The molecule has 0 bridgehead atoms. The van der Waals surface area contributed by atoms with Crippen LogP contribution in [-0.2, 0) is 0 Å². The van der Waals surface area contributed by atoms with E-state index < -0.39 is 0 Å². The summed E-state index contributed by atoms with van der Waals surface area (Å²) in [5.41, 5.74) is 6.12. The van der Waals surface area contributed by atoms with Crippen LogP contribution in [0.1, 0.15) is 36.5 Å². The molecule has 0 heterocycles. The van der Waals surface area contributed by atoms with Gasteiger partial charge in [0.15, 0.2) is 0 Å². The van der Waals surface area contributed by atoms with Gasteiger partial charge in [0.2, 0.25) is 0 Å². The van der Waals surface area contributed by atoms with E-state index in [2.05, 4.69) is 76.2 Å². The molecule has 0 radical (unpaired) electrons. The van der Waals surface area contributed by atoms with Crippen LogP contribution in [0.5, 0.6) is 0 Å². The Hall–Kier alpha value is -2.07. The van der Waals surface area contributed by atoms with E-state index in [0.717, 1.165) is 5.56 Å². The molecule has 0 amide bonds.